The summed E-state index contributed by atoms with van der Waals surface area (Å²) in [6.07, 6.45) is 1.65. The molecule has 0 aromatic heterocycles. The fourth-order valence-electron chi connectivity index (χ4n) is 1.96. The lowest BCUT2D eigenvalue weighted by atomic mass is 10.1. The van der Waals surface area contributed by atoms with Gasteiger partial charge in [-0.05, 0) is 52.5 Å². The Morgan fingerprint density at radius 2 is 2.00 bits per heavy atom. The molecule has 110 valence electrons. The number of halogens is 1. The minimum atomic E-state index is -0.441. The molecule has 6 heteroatoms. The SMILES string of the molecule is Nc1cccc(CCCOc2cccc([N+](=O)[O-])c2Br)c1. The van der Waals surface area contributed by atoms with Gasteiger partial charge in [-0.15, -0.1) is 0 Å². The van der Waals surface area contributed by atoms with Crippen LogP contribution in [0.1, 0.15) is 12.0 Å². The second-order valence-corrected chi connectivity index (χ2v) is 5.34. The number of hydrogen-bond donors (Lipinski definition) is 1. The molecule has 0 aliphatic rings. The van der Waals surface area contributed by atoms with Crippen LogP contribution in [-0.4, -0.2) is 11.5 Å². The van der Waals surface area contributed by atoms with Crippen LogP contribution in [0.2, 0.25) is 0 Å². The molecular weight excluding hydrogens is 336 g/mol. The summed E-state index contributed by atoms with van der Waals surface area (Å²) in [6.45, 7) is 0.481. The maximum atomic E-state index is 10.8. The number of nitrogens with two attached hydrogens (primary N) is 1. The topological polar surface area (TPSA) is 78.4 Å². The summed E-state index contributed by atoms with van der Waals surface area (Å²) in [5, 5.41) is 10.8. The monoisotopic (exact) mass is 350 g/mol. The quantitative estimate of drug-likeness (QED) is 0.370. The summed E-state index contributed by atoms with van der Waals surface area (Å²) in [5.74, 6) is 0.483. The van der Waals surface area contributed by atoms with Crippen LogP contribution in [0.15, 0.2) is 46.9 Å². The Kier molecular flexibility index (Phi) is 5.16. The van der Waals surface area contributed by atoms with Gasteiger partial charge in [0.25, 0.3) is 5.69 Å². The van der Waals surface area contributed by atoms with E-state index in [4.69, 9.17) is 10.5 Å². The van der Waals surface area contributed by atoms with Crippen molar-refractivity contribution in [1.29, 1.82) is 0 Å². The fraction of sp³-hybridized carbons (Fsp3) is 0.200. The molecule has 0 aliphatic carbocycles. The molecule has 0 saturated heterocycles. The molecule has 0 spiro atoms. The first-order valence-corrected chi connectivity index (χ1v) is 7.27. The average molecular weight is 351 g/mol. The third-order valence-electron chi connectivity index (χ3n) is 2.96. The Balaban J connectivity index is 1.89. The lowest BCUT2D eigenvalue weighted by molar-refractivity contribution is -0.385. The minimum Gasteiger partial charge on any atom is -0.492 e. The molecule has 0 fully saturated rings. The number of benzene rings is 2. The molecule has 0 bridgehead atoms. The van der Waals surface area contributed by atoms with Crippen molar-refractivity contribution in [2.45, 2.75) is 12.8 Å². The van der Waals surface area contributed by atoms with Crippen molar-refractivity contribution in [3.63, 3.8) is 0 Å². The molecule has 0 aliphatic heterocycles. The number of nitro benzene ring substituents is 1. The Labute approximate surface area is 131 Å². The van der Waals surface area contributed by atoms with Crippen LogP contribution in [0.3, 0.4) is 0 Å². The van der Waals surface area contributed by atoms with Gasteiger partial charge in [0, 0.05) is 11.8 Å². The number of aryl methyl sites for hydroxylation is 1. The second kappa shape index (κ2) is 7.08. The minimum absolute atomic E-state index is 0.00309. The maximum absolute atomic E-state index is 10.8. The van der Waals surface area contributed by atoms with Crippen LogP contribution >= 0.6 is 15.9 Å². The van der Waals surface area contributed by atoms with Crippen molar-refractivity contribution in [3.05, 3.63) is 62.6 Å². The molecule has 0 amide bonds. The lowest BCUT2D eigenvalue weighted by Gasteiger charge is -2.08. The molecule has 21 heavy (non-hydrogen) atoms. The van der Waals surface area contributed by atoms with Gasteiger partial charge in [0.1, 0.15) is 10.2 Å². The highest BCUT2D eigenvalue weighted by atomic mass is 79.9. The largest absolute Gasteiger partial charge is 0.492 e. The highest BCUT2D eigenvalue weighted by molar-refractivity contribution is 9.10. The van der Waals surface area contributed by atoms with E-state index in [1.54, 1.807) is 12.1 Å². The van der Waals surface area contributed by atoms with Gasteiger partial charge in [0.2, 0.25) is 0 Å². The van der Waals surface area contributed by atoms with Crippen LogP contribution in [0.5, 0.6) is 5.75 Å². The molecule has 2 aromatic carbocycles. The maximum Gasteiger partial charge on any atom is 0.287 e. The van der Waals surface area contributed by atoms with Crippen molar-refractivity contribution in [3.8, 4) is 5.75 Å². The number of nitrogens with zero attached hydrogens (tertiary/aromatic N) is 1. The number of hydrogen-bond acceptors (Lipinski definition) is 4. The van der Waals surface area contributed by atoms with Gasteiger partial charge in [-0.3, -0.25) is 10.1 Å². The van der Waals surface area contributed by atoms with E-state index in [1.807, 2.05) is 24.3 Å². The zero-order valence-corrected chi connectivity index (χ0v) is 12.9. The molecule has 2 N–H and O–H groups in total. The van der Waals surface area contributed by atoms with E-state index >= 15 is 0 Å². The predicted octanol–water partition coefficient (Wildman–Crippen LogP) is 3.95. The Morgan fingerprint density at radius 3 is 2.71 bits per heavy atom. The number of rotatable bonds is 6. The second-order valence-electron chi connectivity index (χ2n) is 4.54. The first-order valence-electron chi connectivity index (χ1n) is 6.48. The van der Waals surface area contributed by atoms with Gasteiger partial charge in [0.15, 0.2) is 0 Å². The zero-order valence-electron chi connectivity index (χ0n) is 11.3. The van der Waals surface area contributed by atoms with Crippen LogP contribution < -0.4 is 10.5 Å². The van der Waals surface area contributed by atoms with E-state index < -0.39 is 4.92 Å². The van der Waals surface area contributed by atoms with Crippen molar-refractivity contribution in [1.82, 2.24) is 0 Å². The number of nitrogen functional groups attached to an aromatic ring is 1. The van der Waals surface area contributed by atoms with Gasteiger partial charge < -0.3 is 10.5 Å². The smallest absolute Gasteiger partial charge is 0.287 e. The summed E-state index contributed by atoms with van der Waals surface area (Å²) < 4.78 is 5.97. The van der Waals surface area contributed by atoms with Crippen LogP contribution in [0, 0.1) is 10.1 Å². The van der Waals surface area contributed by atoms with E-state index in [-0.39, 0.29) is 5.69 Å². The Morgan fingerprint density at radius 1 is 1.24 bits per heavy atom. The van der Waals surface area contributed by atoms with E-state index in [1.165, 1.54) is 6.07 Å². The highest BCUT2D eigenvalue weighted by Crippen LogP contribution is 2.33. The van der Waals surface area contributed by atoms with Gasteiger partial charge in [-0.2, -0.15) is 0 Å². The van der Waals surface area contributed by atoms with E-state index in [9.17, 15) is 10.1 Å². The summed E-state index contributed by atoms with van der Waals surface area (Å²) in [7, 11) is 0. The third kappa shape index (κ3) is 4.19. The van der Waals surface area contributed by atoms with E-state index in [2.05, 4.69) is 15.9 Å². The van der Waals surface area contributed by atoms with E-state index in [0.717, 1.165) is 24.1 Å². The van der Waals surface area contributed by atoms with Gasteiger partial charge in [-0.25, -0.2) is 0 Å². The van der Waals surface area contributed by atoms with Crippen LogP contribution in [0.4, 0.5) is 11.4 Å². The predicted molar refractivity (Wildman–Crippen MR) is 85.5 cm³/mol. The molecule has 0 atom stereocenters. The summed E-state index contributed by atoms with van der Waals surface area (Å²) in [4.78, 5) is 10.4. The average Bonchev–Trinajstić information content (AvgIpc) is 2.45. The number of nitro groups is 1. The summed E-state index contributed by atoms with van der Waals surface area (Å²) >= 11 is 3.21. The highest BCUT2D eigenvalue weighted by Gasteiger charge is 2.15. The normalized spacial score (nSPS) is 10.3. The Hall–Kier alpha value is -2.08. The molecular formula is C15H15BrN2O3. The summed E-state index contributed by atoms with van der Waals surface area (Å²) in [5.41, 5.74) is 7.62. The van der Waals surface area contributed by atoms with Crippen molar-refractivity contribution in [2.24, 2.45) is 0 Å². The lowest BCUT2D eigenvalue weighted by Crippen LogP contribution is -2.01. The molecule has 0 unspecified atom stereocenters. The molecule has 0 radical (unpaired) electrons. The standard InChI is InChI=1S/C15H15BrN2O3/c16-15-13(18(19)20)7-2-8-14(15)21-9-3-5-11-4-1-6-12(17)10-11/h1-2,4,6-8,10H,3,5,9,17H2. The van der Waals surface area contributed by atoms with Crippen molar-refractivity contribution >= 4 is 27.3 Å². The third-order valence-corrected chi connectivity index (χ3v) is 3.76. The van der Waals surface area contributed by atoms with Gasteiger partial charge >= 0.3 is 0 Å². The molecule has 0 heterocycles. The Bertz CT molecular complexity index is 647. The molecule has 5 nitrogen and oxygen atoms in total. The number of ether oxygens (including phenoxy) is 1. The first-order chi connectivity index (χ1) is 10.1. The van der Waals surface area contributed by atoms with Crippen molar-refractivity contribution in [2.75, 3.05) is 12.3 Å². The molecule has 2 aromatic rings. The van der Waals surface area contributed by atoms with Crippen molar-refractivity contribution < 1.29 is 9.66 Å². The first kappa shape index (κ1) is 15.3. The van der Waals surface area contributed by atoms with Crippen LogP contribution in [-0.2, 0) is 6.42 Å². The summed E-state index contributed by atoms with van der Waals surface area (Å²) in [6, 6.07) is 12.5. The molecule has 0 saturated carbocycles. The number of anilines is 1. The molecule has 2 rings (SSSR count). The van der Waals surface area contributed by atoms with Gasteiger partial charge in [-0.1, -0.05) is 18.2 Å². The zero-order chi connectivity index (χ0) is 15.2. The van der Waals surface area contributed by atoms with E-state index in [0.29, 0.717) is 16.8 Å². The fourth-order valence-corrected chi connectivity index (χ4v) is 2.48. The van der Waals surface area contributed by atoms with Gasteiger partial charge in [0.05, 0.1) is 11.5 Å². The van der Waals surface area contributed by atoms with Crippen LogP contribution in [0.25, 0.3) is 0 Å².